The molecule has 122 valence electrons. The van der Waals surface area contributed by atoms with E-state index in [2.05, 4.69) is 5.16 Å². The van der Waals surface area contributed by atoms with Gasteiger partial charge in [0.05, 0.1) is 16.7 Å². The minimum absolute atomic E-state index is 0.0376. The Bertz CT molecular complexity index is 754. The maximum Gasteiger partial charge on any atom is 0.280 e. The maximum absolute atomic E-state index is 12.7. The van der Waals surface area contributed by atoms with Gasteiger partial charge in [0.15, 0.2) is 0 Å². The van der Waals surface area contributed by atoms with E-state index in [0.29, 0.717) is 5.76 Å². The molecule has 1 aromatic carbocycles. The molecule has 0 N–H and O–H groups in total. The fourth-order valence-electron chi connectivity index (χ4n) is 2.32. The van der Waals surface area contributed by atoms with Crippen LogP contribution in [-0.2, 0) is 5.41 Å². The van der Waals surface area contributed by atoms with Crippen LogP contribution in [0.4, 0.5) is 5.69 Å². The van der Waals surface area contributed by atoms with Gasteiger partial charge in [-0.15, -0.1) is 0 Å². The number of benzene rings is 1. The maximum atomic E-state index is 12.7. The summed E-state index contributed by atoms with van der Waals surface area (Å²) in [5.41, 5.74) is 0.681. The average Bonchev–Trinajstić information content (AvgIpc) is 2.94. The summed E-state index contributed by atoms with van der Waals surface area (Å²) in [4.78, 5) is 23.6. The predicted molar refractivity (Wildman–Crippen MR) is 85.8 cm³/mol. The van der Waals surface area contributed by atoms with Gasteiger partial charge in [0.2, 0.25) is 5.78 Å². The quantitative estimate of drug-likeness (QED) is 0.478. The first-order valence-electron chi connectivity index (χ1n) is 7.41. The molecule has 0 atom stereocenters. The van der Waals surface area contributed by atoms with E-state index in [0.717, 1.165) is 5.56 Å². The number of rotatable bonds is 4. The molecule has 0 spiro atoms. The third-order valence-corrected chi connectivity index (χ3v) is 3.67. The van der Waals surface area contributed by atoms with Gasteiger partial charge in [-0.25, -0.2) is 0 Å². The van der Waals surface area contributed by atoms with Crippen LogP contribution in [0.3, 0.4) is 0 Å². The molecule has 0 aliphatic carbocycles. The number of nitro groups is 1. The predicted octanol–water partition coefficient (Wildman–Crippen LogP) is 4.23. The molecule has 0 saturated heterocycles. The molecule has 0 unspecified atom stereocenters. The van der Waals surface area contributed by atoms with Gasteiger partial charge >= 0.3 is 0 Å². The summed E-state index contributed by atoms with van der Waals surface area (Å²) in [7, 11) is 0. The summed E-state index contributed by atoms with van der Waals surface area (Å²) in [5.74, 6) is -0.0457. The minimum Gasteiger partial charge on any atom is -0.360 e. The summed E-state index contributed by atoms with van der Waals surface area (Å²) < 4.78 is 5.11. The van der Waals surface area contributed by atoms with Crippen molar-refractivity contribution < 1.29 is 14.2 Å². The molecule has 0 amide bonds. The average molecular weight is 316 g/mol. The highest BCUT2D eigenvalue weighted by atomic mass is 16.6. The monoisotopic (exact) mass is 316 g/mol. The van der Waals surface area contributed by atoms with E-state index in [-0.39, 0.29) is 28.1 Å². The largest absolute Gasteiger partial charge is 0.360 e. The molecule has 2 aromatic rings. The molecule has 2 rings (SSSR count). The number of nitro benzene ring substituents is 1. The molecule has 0 aliphatic heterocycles. The summed E-state index contributed by atoms with van der Waals surface area (Å²) in [6.07, 6.45) is 1.32. The number of hydrogen-bond donors (Lipinski definition) is 0. The van der Waals surface area contributed by atoms with E-state index in [4.69, 9.17) is 4.52 Å². The number of hydrogen-bond acceptors (Lipinski definition) is 5. The highest BCUT2D eigenvalue weighted by molar-refractivity contribution is 6.12. The molecule has 0 saturated carbocycles. The molecule has 0 radical (unpaired) electrons. The molecule has 0 fully saturated rings. The van der Waals surface area contributed by atoms with Gasteiger partial charge < -0.3 is 4.52 Å². The molecule has 6 heteroatoms. The first-order valence-corrected chi connectivity index (χ1v) is 7.41. The fourth-order valence-corrected chi connectivity index (χ4v) is 2.32. The first-order chi connectivity index (χ1) is 10.6. The van der Waals surface area contributed by atoms with E-state index in [9.17, 15) is 14.9 Å². The Kier molecular flexibility index (Phi) is 4.36. The third kappa shape index (κ3) is 3.31. The van der Waals surface area contributed by atoms with Crippen LogP contribution in [0, 0.1) is 10.1 Å². The van der Waals surface area contributed by atoms with Gasteiger partial charge in [-0.05, 0) is 17.0 Å². The van der Waals surface area contributed by atoms with E-state index in [1.807, 2.05) is 34.6 Å². The van der Waals surface area contributed by atoms with Crippen molar-refractivity contribution in [3.8, 4) is 0 Å². The van der Waals surface area contributed by atoms with Crippen LogP contribution in [0.5, 0.6) is 0 Å². The lowest BCUT2D eigenvalue weighted by Gasteiger charge is -2.19. The standard InChI is InChI=1S/C17H20N2O4/c1-10(2)16-13(9-18-23-16)15(20)12-7-6-11(17(3,4)5)8-14(12)19(21)22/h6-10H,1-5H3. The van der Waals surface area contributed by atoms with Crippen LogP contribution in [0.25, 0.3) is 0 Å². The highest BCUT2D eigenvalue weighted by Gasteiger charge is 2.28. The van der Waals surface area contributed by atoms with Gasteiger partial charge in [-0.2, -0.15) is 0 Å². The van der Waals surface area contributed by atoms with Crippen molar-refractivity contribution >= 4 is 11.5 Å². The normalized spacial score (nSPS) is 11.7. The van der Waals surface area contributed by atoms with Crippen LogP contribution in [0.1, 0.15) is 67.8 Å². The number of nitrogens with zero attached hydrogens (tertiary/aromatic N) is 2. The van der Waals surface area contributed by atoms with Crippen LogP contribution >= 0.6 is 0 Å². The number of carbonyl (C=O) groups is 1. The zero-order chi connectivity index (χ0) is 17.4. The lowest BCUT2D eigenvalue weighted by Crippen LogP contribution is -2.13. The molecule has 6 nitrogen and oxygen atoms in total. The molecular formula is C17H20N2O4. The van der Waals surface area contributed by atoms with Crippen LogP contribution < -0.4 is 0 Å². The second-order valence-electron chi connectivity index (χ2n) is 6.83. The van der Waals surface area contributed by atoms with Crippen LogP contribution in [0.15, 0.2) is 28.9 Å². The zero-order valence-corrected chi connectivity index (χ0v) is 13.9. The van der Waals surface area contributed by atoms with E-state index in [1.54, 1.807) is 6.07 Å². The van der Waals surface area contributed by atoms with Crippen molar-refractivity contribution in [1.29, 1.82) is 0 Å². The van der Waals surface area contributed by atoms with Gasteiger partial charge in [0.1, 0.15) is 11.3 Å². The third-order valence-electron chi connectivity index (χ3n) is 3.67. The molecule has 1 heterocycles. The Morgan fingerprint density at radius 3 is 2.43 bits per heavy atom. The Labute approximate surface area is 134 Å². The van der Waals surface area contributed by atoms with Crippen LogP contribution in [-0.4, -0.2) is 15.9 Å². The van der Waals surface area contributed by atoms with Gasteiger partial charge in [0.25, 0.3) is 5.69 Å². The number of aromatic nitrogens is 1. The van der Waals surface area contributed by atoms with Crippen molar-refractivity contribution in [2.45, 2.75) is 46.0 Å². The molecule has 1 aromatic heterocycles. The molecule has 0 bridgehead atoms. The smallest absolute Gasteiger partial charge is 0.280 e. The lowest BCUT2D eigenvalue weighted by atomic mass is 9.85. The number of ketones is 1. The Hall–Kier alpha value is -2.50. The van der Waals surface area contributed by atoms with Gasteiger partial charge in [-0.1, -0.05) is 45.8 Å². The summed E-state index contributed by atoms with van der Waals surface area (Å²) in [6.45, 7) is 9.63. The van der Waals surface area contributed by atoms with Gasteiger partial charge in [-0.3, -0.25) is 14.9 Å². The summed E-state index contributed by atoms with van der Waals surface area (Å²) >= 11 is 0. The molecule has 23 heavy (non-hydrogen) atoms. The SMILES string of the molecule is CC(C)c1oncc1C(=O)c1ccc(C(C)(C)C)cc1[N+](=O)[O-]. The Balaban J connectivity index is 2.57. The second-order valence-corrected chi connectivity index (χ2v) is 6.83. The van der Waals surface area contributed by atoms with E-state index in [1.165, 1.54) is 18.3 Å². The van der Waals surface area contributed by atoms with E-state index >= 15 is 0 Å². The number of carbonyl (C=O) groups excluding carboxylic acids is 1. The fraction of sp³-hybridized carbons (Fsp3) is 0.412. The van der Waals surface area contributed by atoms with Gasteiger partial charge in [0, 0.05) is 12.0 Å². The topological polar surface area (TPSA) is 86.2 Å². The highest BCUT2D eigenvalue weighted by Crippen LogP contribution is 2.31. The Morgan fingerprint density at radius 2 is 1.91 bits per heavy atom. The molecular weight excluding hydrogens is 296 g/mol. The minimum atomic E-state index is -0.523. The van der Waals surface area contributed by atoms with Crippen LogP contribution in [0.2, 0.25) is 0 Å². The Morgan fingerprint density at radius 1 is 1.26 bits per heavy atom. The lowest BCUT2D eigenvalue weighted by molar-refractivity contribution is -0.385. The van der Waals surface area contributed by atoms with Crippen molar-refractivity contribution in [2.24, 2.45) is 0 Å². The van der Waals surface area contributed by atoms with Crippen molar-refractivity contribution in [1.82, 2.24) is 5.16 Å². The summed E-state index contributed by atoms with van der Waals surface area (Å²) in [6, 6.07) is 4.73. The second kappa shape index (κ2) is 5.95. The van der Waals surface area contributed by atoms with Crippen molar-refractivity contribution in [3.05, 3.63) is 57.0 Å². The zero-order valence-electron chi connectivity index (χ0n) is 13.9. The van der Waals surface area contributed by atoms with Crippen molar-refractivity contribution in [2.75, 3.05) is 0 Å². The summed E-state index contributed by atoms with van der Waals surface area (Å²) in [5, 5.41) is 15.1. The van der Waals surface area contributed by atoms with E-state index < -0.39 is 10.7 Å². The molecule has 0 aliphatic rings. The van der Waals surface area contributed by atoms with Crippen molar-refractivity contribution in [3.63, 3.8) is 0 Å². The first kappa shape index (κ1) is 16.9.